The Morgan fingerprint density at radius 3 is 2.31 bits per heavy atom. The topological polar surface area (TPSA) is 82.1 Å². The molecule has 0 radical (unpaired) electrons. The highest BCUT2D eigenvalue weighted by Crippen LogP contribution is 2.31. The van der Waals surface area contributed by atoms with Crippen LogP contribution >= 0.6 is 0 Å². The van der Waals surface area contributed by atoms with Gasteiger partial charge < -0.3 is 25.0 Å². The minimum absolute atomic E-state index is 0.109. The van der Waals surface area contributed by atoms with Gasteiger partial charge in [-0.1, -0.05) is 79.7 Å². The Bertz CT molecular complexity index is 1270. The molecule has 7 heteroatoms. The van der Waals surface area contributed by atoms with Crippen molar-refractivity contribution < 1.29 is 19.4 Å². The van der Waals surface area contributed by atoms with Crippen LogP contribution in [-0.2, 0) is 11.3 Å². The SMILES string of the molecule is C[C@H](CO)N1C[C@H](C)[C@H](CN(C)C(=O)N[C@H](C)c2ccccc2)OCc2ccccc2-c2ccccc2C1=O. The molecule has 4 atom stereocenters. The molecule has 3 aromatic carbocycles. The molecule has 0 aromatic heterocycles. The van der Waals surface area contributed by atoms with Crippen LogP contribution in [0.5, 0.6) is 0 Å². The second-order valence-corrected chi connectivity index (χ2v) is 10.5. The summed E-state index contributed by atoms with van der Waals surface area (Å²) in [6.07, 6.45) is -0.344. The molecule has 39 heavy (non-hydrogen) atoms. The second kappa shape index (κ2) is 12.9. The summed E-state index contributed by atoms with van der Waals surface area (Å²) in [4.78, 5) is 30.4. The van der Waals surface area contributed by atoms with E-state index in [0.717, 1.165) is 22.3 Å². The van der Waals surface area contributed by atoms with Crippen LogP contribution in [0.25, 0.3) is 11.1 Å². The van der Waals surface area contributed by atoms with E-state index in [1.165, 1.54) is 0 Å². The molecule has 1 aliphatic rings. The fraction of sp³-hybridized carbons (Fsp3) is 0.375. The largest absolute Gasteiger partial charge is 0.394 e. The van der Waals surface area contributed by atoms with E-state index in [1.54, 1.807) is 16.8 Å². The minimum Gasteiger partial charge on any atom is -0.394 e. The normalized spacial score (nSPS) is 19.2. The van der Waals surface area contributed by atoms with E-state index in [2.05, 4.69) is 5.32 Å². The maximum atomic E-state index is 13.9. The third kappa shape index (κ3) is 6.67. The molecule has 3 aromatic rings. The first-order valence-corrected chi connectivity index (χ1v) is 13.6. The lowest BCUT2D eigenvalue weighted by Crippen LogP contribution is -2.49. The number of aliphatic hydroxyl groups is 1. The van der Waals surface area contributed by atoms with Gasteiger partial charge in [-0.05, 0) is 42.2 Å². The molecule has 0 bridgehead atoms. The minimum atomic E-state index is -0.377. The van der Waals surface area contributed by atoms with E-state index < -0.39 is 0 Å². The number of carbonyl (C=O) groups is 2. The Labute approximate surface area is 231 Å². The summed E-state index contributed by atoms with van der Waals surface area (Å²) in [6, 6.07) is 24.7. The van der Waals surface area contributed by atoms with Gasteiger partial charge in [0.25, 0.3) is 5.91 Å². The van der Waals surface area contributed by atoms with Gasteiger partial charge in [0, 0.05) is 31.6 Å². The standard InChI is InChI=1S/C32H39N3O4/c1-22-18-35(23(2)20-36)31(37)29-17-11-10-16-28(29)27-15-9-8-14-26(27)21-39-30(22)19-34(4)32(38)33-24(3)25-12-6-5-7-13-25/h5-17,22-24,30,36H,18-21H2,1-4H3,(H,33,38)/t22-,23+,24+,30-/m0/s1. The van der Waals surface area contributed by atoms with Gasteiger partial charge in [-0.25, -0.2) is 4.79 Å². The summed E-state index contributed by atoms with van der Waals surface area (Å²) < 4.78 is 6.51. The Kier molecular flexibility index (Phi) is 9.38. The van der Waals surface area contributed by atoms with Gasteiger partial charge in [0.1, 0.15) is 0 Å². The number of carbonyl (C=O) groups excluding carboxylic acids is 2. The molecule has 0 unspecified atom stereocenters. The molecule has 7 nitrogen and oxygen atoms in total. The van der Waals surface area contributed by atoms with Gasteiger partial charge in [0.15, 0.2) is 0 Å². The molecule has 206 valence electrons. The van der Waals surface area contributed by atoms with Crippen LogP contribution in [0.1, 0.15) is 48.3 Å². The number of nitrogens with zero attached hydrogens (tertiary/aromatic N) is 2. The number of urea groups is 1. The van der Waals surface area contributed by atoms with Gasteiger partial charge >= 0.3 is 6.03 Å². The van der Waals surface area contributed by atoms with Crippen LogP contribution in [-0.4, -0.2) is 65.7 Å². The maximum absolute atomic E-state index is 13.9. The van der Waals surface area contributed by atoms with E-state index in [-0.39, 0.29) is 42.7 Å². The summed E-state index contributed by atoms with van der Waals surface area (Å²) in [5.41, 5.74) is 4.39. The molecule has 2 N–H and O–H groups in total. The quantitative estimate of drug-likeness (QED) is 0.465. The average molecular weight is 530 g/mol. The fourth-order valence-corrected chi connectivity index (χ4v) is 5.02. The third-order valence-corrected chi connectivity index (χ3v) is 7.53. The first-order chi connectivity index (χ1) is 18.8. The fourth-order valence-electron chi connectivity index (χ4n) is 5.02. The van der Waals surface area contributed by atoms with Gasteiger partial charge in [0.05, 0.1) is 31.4 Å². The molecule has 0 aliphatic carbocycles. The van der Waals surface area contributed by atoms with Crippen LogP contribution in [0.3, 0.4) is 0 Å². The van der Waals surface area contributed by atoms with Crippen molar-refractivity contribution in [1.29, 1.82) is 0 Å². The smallest absolute Gasteiger partial charge is 0.317 e. The first-order valence-electron chi connectivity index (χ1n) is 13.6. The highest BCUT2D eigenvalue weighted by Gasteiger charge is 2.31. The second-order valence-electron chi connectivity index (χ2n) is 10.5. The summed E-state index contributed by atoms with van der Waals surface area (Å²) in [7, 11) is 1.76. The lowest BCUT2D eigenvalue weighted by atomic mass is 9.94. The molecule has 0 saturated heterocycles. The number of hydrogen-bond donors (Lipinski definition) is 2. The number of fused-ring (bicyclic) bond motifs is 3. The Morgan fingerprint density at radius 1 is 1.00 bits per heavy atom. The van der Waals surface area contributed by atoms with E-state index in [0.29, 0.717) is 25.3 Å². The Hall–Kier alpha value is -3.68. The van der Waals surface area contributed by atoms with Crippen molar-refractivity contribution in [3.8, 4) is 11.1 Å². The third-order valence-electron chi connectivity index (χ3n) is 7.53. The number of benzene rings is 3. The van der Waals surface area contributed by atoms with Crippen molar-refractivity contribution in [2.75, 3.05) is 26.7 Å². The van der Waals surface area contributed by atoms with Crippen molar-refractivity contribution >= 4 is 11.9 Å². The van der Waals surface area contributed by atoms with Crippen molar-refractivity contribution in [3.05, 3.63) is 95.6 Å². The zero-order chi connectivity index (χ0) is 27.9. The van der Waals surface area contributed by atoms with Gasteiger partial charge in [-0.15, -0.1) is 0 Å². The summed E-state index contributed by atoms with van der Waals surface area (Å²) in [6.45, 7) is 6.76. The number of rotatable bonds is 6. The van der Waals surface area contributed by atoms with Crippen LogP contribution in [0.15, 0.2) is 78.9 Å². The van der Waals surface area contributed by atoms with Crippen molar-refractivity contribution in [1.82, 2.24) is 15.1 Å². The van der Waals surface area contributed by atoms with Gasteiger partial charge in [0.2, 0.25) is 0 Å². The summed E-state index contributed by atoms with van der Waals surface area (Å²) >= 11 is 0. The number of aliphatic hydroxyl groups excluding tert-OH is 1. The van der Waals surface area contributed by atoms with Crippen LogP contribution in [0, 0.1) is 5.92 Å². The van der Waals surface area contributed by atoms with Gasteiger partial charge in [-0.3, -0.25) is 4.79 Å². The first kappa shape index (κ1) is 28.3. The number of nitrogens with one attached hydrogen (secondary N) is 1. The highest BCUT2D eigenvalue weighted by atomic mass is 16.5. The van der Waals surface area contributed by atoms with E-state index in [1.807, 2.05) is 99.6 Å². The lowest BCUT2D eigenvalue weighted by Gasteiger charge is -2.35. The van der Waals surface area contributed by atoms with Crippen molar-refractivity contribution in [3.63, 3.8) is 0 Å². The zero-order valence-electron chi connectivity index (χ0n) is 23.2. The van der Waals surface area contributed by atoms with Crippen LogP contribution in [0.4, 0.5) is 4.79 Å². The predicted octanol–water partition coefficient (Wildman–Crippen LogP) is 5.11. The Morgan fingerprint density at radius 2 is 1.62 bits per heavy atom. The maximum Gasteiger partial charge on any atom is 0.317 e. The van der Waals surface area contributed by atoms with Crippen LogP contribution < -0.4 is 5.32 Å². The molecule has 0 fully saturated rings. The van der Waals surface area contributed by atoms with Crippen LogP contribution in [0.2, 0.25) is 0 Å². The lowest BCUT2D eigenvalue weighted by molar-refractivity contribution is -0.0185. The number of amides is 3. The van der Waals surface area contributed by atoms with E-state index in [4.69, 9.17) is 4.74 Å². The van der Waals surface area contributed by atoms with Crippen molar-refractivity contribution in [2.45, 2.75) is 45.6 Å². The van der Waals surface area contributed by atoms with E-state index in [9.17, 15) is 14.7 Å². The number of ether oxygens (including phenoxy) is 1. The molecule has 3 amide bonds. The Balaban J connectivity index is 1.61. The van der Waals surface area contributed by atoms with Crippen molar-refractivity contribution in [2.24, 2.45) is 5.92 Å². The summed E-state index contributed by atoms with van der Waals surface area (Å²) in [5, 5.41) is 13.1. The average Bonchev–Trinajstić information content (AvgIpc) is 2.98. The molecule has 4 rings (SSSR count). The highest BCUT2D eigenvalue weighted by molar-refractivity contribution is 6.01. The summed E-state index contributed by atoms with van der Waals surface area (Å²) in [5.74, 6) is -0.237. The zero-order valence-corrected chi connectivity index (χ0v) is 23.2. The molecule has 0 spiro atoms. The molecule has 1 aliphatic heterocycles. The van der Waals surface area contributed by atoms with E-state index >= 15 is 0 Å². The molecule has 1 heterocycles. The molecular formula is C32H39N3O4. The van der Waals surface area contributed by atoms with Gasteiger partial charge in [-0.2, -0.15) is 0 Å². The number of hydrogen-bond acceptors (Lipinski definition) is 4. The number of likely N-dealkylation sites (N-methyl/N-ethyl adjacent to an activating group) is 1. The predicted molar refractivity (Wildman–Crippen MR) is 153 cm³/mol. The molecular weight excluding hydrogens is 490 g/mol. The monoisotopic (exact) mass is 529 g/mol. The molecule has 0 saturated carbocycles.